The first-order chi connectivity index (χ1) is 13.9. The third-order valence-electron chi connectivity index (χ3n) is 6.61. The highest BCUT2D eigenvalue weighted by molar-refractivity contribution is 8.17. The highest BCUT2D eigenvalue weighted by Gasteiger charge is 2.42. The Morgan fingerprint density at radius 1 is 1.17 bits per heavy atom. The molecule has 1 aromatic carbocycles. The molecule has 2 atom stereocenters. The van der Waals surface area contributed by atoms with Crippen molar-refractivity contribution in [1.29, 1.82) is 0 Å². The molecule has 0 spiro atoms. The molecule has 3 rings (SSSR count). The number of nitrogens with zero attached hydrogens (tertiary/aromatic N) is 2. The lowest BCUT2D eigenvalue weighted by Gasteiger charge is -2.41. The Hall–Kier alpha value is -0.0700. The lowest BCUT2D eigenvalue weighted by Crippen LogP contribution is -2.53. The molecular formula is C22H32Cl2N2OS2. The average Bonchev–Trinajstić information content (AvgIpc) is 3.18. The molecule has 0 radical (unpaired) electrons. The SMILES string of the molecule is CSC1(SC)CCCC(N2CCCC2)C(N(C)C(=O)Cc2ccc(Cl)c(Cl)c2)C1. The molecular weight excluding hydrogens is 443 g/mol. The quantitative estimate of drug-likeness (QED) is 0.382. The van der Waals surface area contributed by atoms with Crippen LogP contribution in [-0.2, 0) is 11.2 Å². The van der Waals surface area contributed by atoms with Gasteiger partial charge in [-0.1, -0.05) is 29.3 Å². The van der Waals surface area contributed by atoms with Gasteiger partial charge in [0.25, 0.3) is 0 Å². The van der Waals surface area contributed by atoms with Gasteiger partial charge in [0.15, 0.2) is 0 Å². The Kier molecular flexibility index (Phi) is 8.54. The van der Waals surface area contributed by atoms with Crippen LogP contribution in [0.2, 0.25) is 10.0 Å². The molecule has 2 unspecified atom stereocenters. The Morgan fingerprint density at radius 2 is 1.86 bits per heavy atom. The number of likely N-dealkylation sites (N-methyl/N-ethyl adjacent to an activating group) is 1. The number of rotatable bonds is 6. The van der Waals surface area contributed by atoms with Crippen LogP contribution < -0.4 is 0 Å². The highest BCUT2D eigenvalue weighted by Crippen LogP contribution is 2.47. The zero-order valence-corrected chi connectivity index (χ0v) is 20.8. The van der Waals surface area contributed by atoms with E-state index in [4.69, 9.17) is 23.2 Å². The van der Waals surface area contributed by atoms with Crippen LogP contribution in [0, 0.1) is 0 Å². The largest absolute Gasteiger partial charge is 0.341 e. The van der Waals surface area contributed by atoms with E-state index < -0.39 is 0 Å². The van der Waals surface area contributed by atoms with Crippen molar-refractivity contribution in [3.8, 4) is 0 Å². The number of hydrogen-bond acceptors (Lipinski definition) is 4. The van der Waals surface area contributed by atoms with Crippen molar-refractivity contribution in [3.05, 3.63) is 33.8 Å². The number of amides is 1. The molecule has 2 aliphatic rings. The Morgan fingerprint density at radius 3 is 2.48 bits per heavy atom. The summed E-state index contributed by atoms with van der Waals surface area (Å²) >= 11 is 16.1. The lowest BCUT2D eigenvalue weighted by atomic mass is 9.99. The van der Waals surface area contributed by atoms with Crippen LogP contribution >= 0.6 is 46.7 Å². The van der Waals surface area contributed by atoms with E-state index in [-0.39, 0.29) is 16.0 Å². The lowest BCUT2D eigenvalue weighted by molar-refractivity contribution is -0.132. The maximum atomic E-state index is 13.3. The maximum absolute atomic E-state index is 13.3. The second kappa shape index (κ2) is 10.5. The minimum atomic E-state index is 0.163. The molecule has 1 heterocycles. The van der Waals surface area contributed by atoms with Gasteiger partial charge in [0, 0.05) is 19.1 Å². The van der Waals surface area contributed by atoms with Crippen molar-refractivity contribution >= 4 is 52.6 Å². The zero-order chi connectivity index (χ0) is 21.0. The molecule has 7 heteroatoms. The van der Waals surface area contributed by atoms with E-state index in [0.29, 0.717) is 22.5 Å². The fourth-order valence-corrected chi connectivity index (χ4v) is 7.17. The van der Waals surface area contributed by atoms with E-state index in [0.717, 1.165) is 12.0 Å². The van der Waals surface area contributed by atoms with Crippen LogP contribution in [-0.4, -0.2) is 64.5 Å². The van der Waals surface area contributed by atoms with E-state index in [9.17, 15) is 4.79 Å². The molecule has 1 aliphatic heterocycles. The summed E-state index contributed by atoms with van der Waals surface area (Å²) in [4.78, 5) is 18.0. The molecule has 1 aliphatic carbocycles. The van der Waals surface area contributed by atoms with Crippen LogP contribution in [0.4, 0.5) is 0 Å². The standard InChI is InChI=1S/C22H32Cl2N2OS2/c1-25(21(27)14-16-8-9-17(23)18(24)13-16)20-15-22(28-2,29-3)10-6-7-19(20)26-11-4-5-12-26/h8-9,13,19-20H,4-7,10-12,14-15H2,1-3H3. The van der Waals surface area contributed by atoms with Crippen molar-refractivity contribution in [2.75, 3.05) is 32.6 Å². The van der Waals surface area contributed by atoms with Gasteiger partial charge in [-0.25, -0.2) is 0 Å². The monoisotopic (exact) mass is 474 g/mol. The van der Waals surface area contributed by atoms with Gasteiger partial charge in [-0.3, -0.25) is 9.69 Å². The van der Waals surface area contributed by atoms with Gasteiger partial charge in [0.2, 0.25) is 5.91 Å². The number of thioether (sulfide) groups is 2. The Balaban J connectivity index is 1.81. The number of carbonyl (C=O) groups excluding carboxylic acids is 1. The van der Waals surface area contributed by atoms with Crippen LogP contribution in [0.1, 0.15) is 44.1 Å². The summed E-state index contributed by atoms with van der Waals surface area (Å²) in [5.41, 5.74) is 0.920. The molecule has 1 saturated carbocycles. The van der Waals surface area contributed by atoms with E-state index in [1.165, 1.54) is 45.2 Å². The minimum Gasteiger partial charge on any atom is -0.341 e. The molecule has 3 nitrogen and oxygen atoms in total. The molecule has 29 heavy (non-hydrogen) atoms. The van der Waals surface area contributed by atoms with Crippen LogP contribution in [0.15, 0.2) is 18.2 Å². The summed E-state index contributed by atoms with van der Waals surface area (Å²) in [6, 6.07) is 6.19. The number of carbonyl (C=O) groups is 1. The molecule has 1 saturated heterocycles. The van der Waals surface area contributed by atoms with Gasteiger partial charge in [-0.05, 0) is 81.8 Å². The fraction of sp³-hybridized carbons (Fsp3) is 0.682. The molecule has 0 aromatic heterocycles. The smallest absolute Gasteiger partial charge is 0.227 e. The van der Waals surface area contributed by atoms with Gasteiger partial charge >= 0.3 is 0 Å². The highest BCUT2D eigenvalue weighted by atomic mass is 35.5. The topological polar surface area (TPSA) is 23.6 Å². The average molecular weight is 476 g/mol. The summed E-state index contributed by atoms with van der Waals surface area (Å²) in [6.07, 6.45) is 12.0. The number of likely N-dealkylation sites (tertiary alicyclic amines) is 1. The summed E-state index contributed by atoms with van der Waals surface area (Å²) in [5.74, 6) is 0.163. The van der Waals surface area contributed by atoms with Gasteiger partial charge in [0.1, 0.15) is 0 Å². The molecule has 1 aromatic rings. The van der Waals surface area contributed by atoms with E-state index in [1.54, 1.807) is 6.07 Å². The molecule has 162 valence electrons. The predicted molar refractivity (Wildman–Crippen MR) is 130 cm³/mol. The second-order valence-electron chi connectivity index (χ2n) is 8.22. The number of benzene rings is 1. The Labute approximate surface area is 194 Å². The van der Waals surface area contributed by atoms with E-state index >= 15 is 0 Å². The zero-order valence-electron chi connectivity index (χ0n) is 17.6. The maximum Gasteiger partial charge on any atom is 0.227 e. The third-order valence-corrected chi connectivity index (χ3v) is 10.6. The first kappa shape index (κ1) is 23.6. The van der Waals surface area contributed by atoms with Gasteiger partial charge < -0.3 is 4.90 Å². The number of halogens is 2. The van der Waals surface area contributed by atoms with Gasteiger partial charge in [-0.2, -0.15) is 0 Å². The number of hydrogen-bond donors (Lipinski definition) is 0. The first-order valence-electron chi connectivity index (χ1n) is 10.4. The summed E-state index contributed by atoms with van der Waals surface area (Å²) < 4.78 is 0.192. The first-order valence-corrected chi connectivity index (χ1v) is 13.6. The normalized spacial score (nSPS) is 25.0. The Bertz CT molecular complexity index is 708. The fourth-order valence-electron chi connectivity index (χ4n) is 4.81. The van der Waals surface area contributed by atoms with Crippen LogP contribution in [0.25, 0.3) is 0 Å². The predicted octanol–water partition coefficient (Wildman–Crippen LogP) is 5.82. The van der Waals surface area contributed by atoms with Crippen molar-refractivity contribution < 1.29 is 4.79 Å². The second-order valence-corrected chi connectivity index (χ2v) is 11.7. The van der Waals surface area contributed by atoms with Crippen molar-refractivity contribution in [3.63, 3.8) is 0 Å². The van der Waals surface area contributed by atoms with Crippen molar-refractivity contribution in [2.24, 2.45) is 0 Å². The molecule has 1 amide bonds. The van der Waals surface area contributed by atoms with Gasteiger partial charge in [-0.15, -0.1) is 23.5 Å². The molecule has 0 bridgehead atoms. The van der Waals surface area contributed by atoms with Crippen LogP contribution in [0.5, 0.6) is 0 Å². The summed E-state index contributed by atoms with van der Waals surface area (Å²) in [6.45, 7) is 2.34. The third kappa shape index (κ3) is 5.60. The minimum absolute atomic E-state index is 0.163. The van der Waals surface area contributed by atoms with Crippen LogP contribution in [0.3, 0.4) is 0 Å². The van der Waals surface area contributed by atoms with Gasteiger partial charge in [0.05, 0.1) is 20.5 Å². The van der Waals surface area contributed by atoms with E-state index in [1.807, 2.05) is 47.6 Å². The summed E-state index contributed by atoms with van der Waals surface area (Å²) in [5, 5.41) is 1.03. The molecule has 0 N–H and O–H groups in total. The van der Waals surface area contributed by atoms with Crippen molar-refractivity contribution in [2.45, 2.75) is 61.1 Å². The van der Waals surface area contributed by atoms with E-state index in [2.05, 4.69) is 17.4 Å². The van der Waals surface area contributed by atoms with Crippen molar-refractivity contribution in [1.82, 2.24) is 9.80 Å². The molecule has 2 fully saturated rings. The summed E-state index contributed by atoms with van der Waals surface area (Å²) in [7, 11) is 2.00.